The lowest BCUT2D eigenvalue weighted by Crippen LogP contribution is -2.55. The fourth-order valence-electron chi connectivity index (χ4n) is 4.04. The largest absolute Gasteiger partial charge is 0.462 e. The maximum atomic E-state index is 12.8. The molecule has 0 aromatic carbocycles. The van der Waals surface area contributed by atoms with Crippen LogP contribution in [0, 0.1) is 0 Å². The van der Waals surface area contributed by atoms with E-state index in [2.05, 4.69) is 14.0 Å². The number of aliphatic hydroxyl groups is 4. The van der Waals surface area contributed by atoms with Crippen LogP contribution in [0.3, 0.4) is 0 Å². The Morgan fingerprint density at radius 2 is 1.39 bits per heavy atom. The number of nitrogens with zero attached hydrogens (tertiary/aromatic N) is 2. The van der Waals surface area contributed by atoms with E-state index in [0.29, 0.717) is 0 Å². The van der Waals surface area contributed by atoms with Crippen molar-refractivity contribution in [2.45, 2.75) is 67.3 Å². The van der Waals surface area contributed by atoms with E-state index in [4.69, 9.17) is 14.2 Å². The predicted molar refractivity (Wildman–Crippen MR) is 151 cm³/mol. The second-order valence-corrected chi connectivity index (χ2v) is 16.9. The summed E-state index contributed by atoms with van der Waals surface area (Å²) in [5.74, 6) is -1.80. The number of rotatable bonds is 12. The molecule has 0 aromatic rings. The van der Waals surface area contributed by atoms with Crippen molar-refractivity contribution >= 4 is 48.9 Å². The lowest BCUT2D eigenvalue weighted by atomic mass is 9.98. The zero-order valence-electron chi connectivity index (χ0n) is 23.6. The Balaban J connectivity index is 1.93. The number of Topliss-reactive ketones (excluding diaryl/α,β-unsaturated/α-hetero) is 1. The van der Waals surface area contributed by atoms with E-state index in [1.165, 1.54) is 31.9 Å². The van der Waals surface area contributed by atoms with Crippen LogP contribution < -0.4 is 5.32 Å². The normalized spacial score (nSPS) is 31.5. The molecule has 2 rings (SSSR count). The van der Waals surface area contributed by atoms with Gasteiger partial charge in [-0.05, 0) is 6.92 Å². The third-order valence-electron chi connectivity index (χ3n) is 6.00. The molecular weight excluding hydrogens is 606 g/mol. The Labute approximate surface area is 244 Å². The Bertz CT molecular complexity index is 1170. The molecule has 0 aliphatic carbocycles. The molecule has 2 fully saturated rings. The van der Waals surface area contributed by atoms with Crippen molar-refractivity contribution in [1.82, 2.24) is 5.32 Å². The summed E-state index contributed by atoms with van der Waals surface area (Å²) in [4.78, 5) is 36.9. The first-order chi connectivity index (χ1) is 18.9. The minimum Gasteiger partial charge on any atom is -0.462 e. The quantitative estimate of drug-likeness (QED) is 0.135. The number of hydrogen-bond donors (Lipinski definition) is 5. The van der Waals surface area contributed by atoms with Gasteiger partial charge in [0.1, 0.15) is 66.3 Å². The molecule has 0 aromatic heterocycles. The number of esters is 1. The molecule has 1 amide bonds. The van der Waals surface area contributed by atoms with Crippen molar-refractivity contribution < 1.29 is 57.4 Å². The Morgan fingerprint density at radius 3 is 1.88 bits per heavy atom. The summed E-state index contributed by atoms with van der Waals surface area (Å²) >= 11 is 0.884. The van der Waals surface area contributed by atoms with Gasteiger partial charge in [-0.25, -0.2) is 8.73 Å². The van der Waals surface area contributed by atoms with Crippen molar-refractivity contribution in [3.8, 4) is 0 Å². The number of thioether (sulfide) groups is 1. The smallest absolute Gasteiger partial charge is 0.319 e. The molecule has 9 atom stereocenters. The van der Waals surface area contributed by atoms with Crippen LogP contribution in [0.1, 0.15) is 13.3 Å². The summed E-state index contributed by atoms with van der Waals surface area (Å²) in [6.07, 6.45) is -2.58. The minimum atomic E-state index is -2.57. The second kappa shape index (κ2) is 15.4. The van der Waals surface area contributed by atoms with E-state index in [1.807, 2.05) is 0 Å². The number of aliphatic hydroxyl groups excluding tert-OH is 4. The molecule has 3 unspecified atom stereocenters. The highest BCUT2D eigenvalue weighted by Crippen LogP contribution is 2.22. The third-order valence-corrected chi connectivity index (χ3v) is 8.89. The topological polar surface area (TPSA) is 231 Å². The summed E-state index contributed by atoms with van der Waals surface area (Å²) in [7, 11) is -5.11. The van der Waals surface area contributed by atoms with Gasteiger partial charge in [0, 0.05) is 57.4 Å². The van der Waals surface area contributed by atoms with Crippen molar-refractivity contribution in [2.75, 3.05) is 57.1 Å². The number of carbonyl (C=O) groups excluding carboxylic acids is 3. The molecule has 2 heterocycles. The molecule has 238 valence electrons. The molecule has 2 aliphatic heterocycles. The van der Waals surface area contributed by atoms with Crippen LogP contribution >= 0.6 is 11.8 Å². The third kappa shape index (κ3) is 12.0. The van der Waals surface area contributed by atoms with Crippen LogP contribution in [0.2, 0.25) is 0 Å². The van der Waals surface area contributed by atoms with Crippen LogP contribution in [0.25, 0.3) is 0 Å². The summed E-state index contributed by atoms with van der Waals surface area (Å²) in [6.45, 7) is 0.389. The van der Waals surface area contributed by atoms with E-state index >= 15 is 0 Å². The molecule has 2 saturated heterocycles. The van der Waals surface area contributed by atoms with Crippen molar-refractivity contribution in [1.29, 1.82) is 0 Å². The number of hydrogen-bond acceptors (Lipinski definition) is 15. The van der Waals surface area contributed by atoms with Crippen molar-refractivity contribution in [3.63, 3.8) is 0 Å². The van der Waals surface area contributed by atoms with Gasteiger partial charge in [-0.3, -0.25) is 22.8 Å². The van der Waals surface area contributed by atoms with Crippen LogP contribution in [0.5, 0.6) is 0 Å². The van der Waals surface area contributed by atoms with Crippen molar-refractivity contribution in [3.05, 3.63) is 0 Å². The van der Waals surface area contributed by atoms with Crippen LogP contribution in [-0.2, 0) is 48.1 Å². The van der Waals surface area contributed by atoms with Crippen LogP contribution in [0.4, 0.5) is 0 Å². The minimum absolute atomic E-state index is 0.0790. The predicted octanol–water partition coefficient (Wildman–Crippen LogP) is -2.84. The highest BCUT2D eigenvalue weighted by atomic mass is 32.2. The molecule has 0 radical (unpaired) electrons. The SMILES string of the molecule is CC(=O)CSC(CC(=O)NCC1OC[C@@H](N=S(C)(C)=O)[C@@H](O)[C@H]1O)C(=O)OCC1OC[C@@H](N=S(C)(C)=O)[C@@H](O)[C@H]1O. The zero-order chi connectivity index (χ0) is 31.1. The number of amides is 1. The molecular formula is C23H41N3O12S3. The van der Waals surface area contributed by atoms with Crippen LogP contribution in [0.15, 0.2) is 8.73 Å². The fraction of sp³-hybridized carbons (Fsp3) is 0.870. The summed E-state index contributed by atoms with van der Waals surface area (Å²) < 4.78 is 47.9. The fourth-order valence-corrected chi connectivity index (χ4v) is 6.62. The number of ether oxygens (including phenoxy) is 3. The Kier molecular flexibility index (Phi) is 13.4. The van der Waals surface area contributed by atoms with Gasteiger partial charge >= 0.3 is 5.97 Å². The van der Waals surface area contributed by atoms with Gasteiger partial charge in [0.05, 0.1) is 19.0 Å². The van der Waals surface area contributed by atoms with E-state index in [9.17, 15) is 43.2 Å². The average molecular weight is 648 g/mol. The lowest BCUT2D eigenvalue weighted by Gasteiger charge is -2.36. The molecule has 0 saturated carbocycles. The molecule has 15 nitrogen and oxygen atoms in total. The average Bonchev–Trinajstić information content (AvgIpc) is 2.84. The maximum absolute atomic E-state index is 12.8. The van der Waals surface area contributed by atoms with Gasteiger partial charge in [0.15, 0.2) is 0 Å². The molecule has 0 bridgehead atoms. The van der Waals surface area contributed by atoms with E-state index in [0.717, 1.165) is 11.8 Å². The molecule has 2 aliphatic rings. The highest BCUT2D eigenvalue weighted by Gasteiger charge is 2.41. The van der Waals surface area contributed by atoms with Gasteiger partial charge < -0.3 is 40.0 Å². The van der Waals surface area contributed by atoms with E-state index < -0.39 is 98.3 Å². The van der Waals surface area contributed by atoms with E-state index in [-0.39, 0.29) is 31.3 Å². The molecule has 18 heteroatoms. The van der Waals surface area contributed by atoms with E-state index in [1.54, 1.807) is 0 Å². The van der Waals surface area contributed by atoms with Gasteiger partial charge in [-0.15, -0.1) is 11.8 Å². The summed E-state index contributed by atoms with van der Waals surface area (Å²) in [5, 5.41) is 42.8. The van der Waals surface area contributed by atoms with Gasteiger partial charge in [0.25, 0.3) is 0 Å². The summed E-state index contributed by atoms with van der Waals surface area (Å²) in [5.41, 5.74) is 0. The summed E-state index contributed by atoms with van der Waals surface area (Å²) in [6, 6.07) is -1.82. The number of ketones is 1. The van der Waals surface area contributed by atoms with Gasteiger partial charge in [-0.1, -0.05) is 0 Å². The zero-order valence-corrected chi connectivity index (χ0v) is 26.1. The maximum Gasteiger partial charge on any atom is 0.319 e. The monoisotopic (exact) mass is 647 g/mol. The number of carbonyl (C=O) groups is 3. The molecule has 41 heavy (non-hydrogen) atoms. The first-order valence-corrected chi connectivity index (χ1v) is 18.4. The Morgan fingerprint density at radius 1 is 0.902 bits per heavy atom. The van der Waals surface area contributed by atoms with Crippen LogP contribution in [-0.4, -0.2) is 158 Å². The number of nitrogens with one attached hydrogen (secondary N) is 1. The van der Waals surface area contributed by atoms with Gasteiger partial charge in [0.2, 0.25) is 5.91 Å². The second-order valence-electron chi connectivity index (χ2n) is 10.6. The highest BCUT2D eigenvalue weighted by molar-refractivity contribution is 8.01. The molecule has 5 N–H and O–H groups in total. The van der Waals surface area contributed by atoms with Gasteiger partial charge in [-0.2, -0.15) is 0 Å². The first kappa shape index (κ1) is 35.8. The van der Waals surface area contributed by atoms with Crippen molar-refractivity contribution in [2.24, 2.45) is 8.73 Å². The standard InChI is InChI=1S/C23H41N3O12S3/c1-12(27)11-39-17(23(33)38-10-16-22(32)20(30)14(9-37-16)26-41(4,5)35)6-18(28)24-7-15-21(31)19(29)13(8-36-15)25-40(2,3)34/h13-17,19-22,29-32H,6-11H2,1-5H3,(H,24,28)/t13-,14-,15?,16?,17?,19-,20-,21+,22+/m1/s1. The lowest BCUT2D eigenvalue weighted by molar-refractivity contribution is -0.172. The first-order valence-electron chi connectivity index (χ1n) is 12.7. The molecule has 0 spiro atoms. The Hall–Kier alpha value is -1.38.